The molecule has 1 aliphatic rings. The molecule has 4 rings (SSSR count). The summed E-state index contributed by atoms with van der Waals surface area (Å²) in [5.74, 6) is -0.00292. The van der Waals surface area contributed by atoms with E-state index in [1.807, 2.05) is 42.1 Å². The summed E-state index contributed by atoms with van der Waals surface area (Å²) in [6.07, 6.45) is 6.42. The molecule has 0 radical (unpaired) electrons. The maximum absolute atomic E-state index is 12.9. The largest absolute Gasteiger partial charge is 0.336 e. The second-order valence-electron chi connectivity index (χ2n) is 7.18. The number of fused-ring (bicyclic) bond motifs is 1. The fourth-order valence-corrected chi connectivity index (χ4v) is 5.37. The van der Waals surface area contributed by atoms with Crippen LogP contribution in [0, 0.1) is 0 Å². The Labute approximate surface area is 165 Å². The molecule has 0 heterocycles. The Morgan fingerprint density at radius 2 is 1.56 bits per heavy atom. The Morgan fingerprint density at radius 1 is 0.852 bits per heavy atom. The van der Waals surface area contributed by atoms with Crippen LogP contribution in [0.15, 0.2) is 72.8 Å². The first-order valence-corrected chi connectivity index (χ1v) is 10.7. The highest BCUT2D eigenvalue weighted by atomic mass is 32.2. The number of hydrogen-bond donors (Lipinski definition) is 1. The summed E-state index contributed by atoms with van der Waals surface area (Å²) < 4.78 is 0. The number of nitrogens with one attached hydrogen (secondary N) is 1. The number of carbonyl (C=O) groups excluding carboxylic acids is 1. The Hall–Kier alpha value is -2.26. The van der Waals surface area contributed by atoms with Crippen molar-refractivity contribution in [3.63, 3.8) is 0 Å². The van der Waals surface area contributed by atoms with Crippen LogP contribution in [0.25, 0.3) is 10.8 Å². The first-order chi connectivity index (χ1) is 13.3. The summed E-state index contributed by atoms with van der Waals surface area (Å²) in [6, 6.07) is 24.4. The van der Waals surface area contributed by atoms with Crippen LogP contribution >= 0.6 is 11.8 Å². The zero-order valence-corrected chi connectivity index (χ0v) is 16.3. The van der Waals surface area contributed by atoms with E-state index in [4.69, 9.17) is 0 Å². The van der Waals surface area contributed by atoms with Gasteiger partial charge in [-0.2, -0.15) is 0 Å². The van der Waals surface area contributed by atoms with Gasteiger partial charge in [0.2, 0.25) is 0 Å². The van der Waals surface area contributed by atoms with Crippen LogP contribution < -0.4 is 5.32 Å². The van der Waals surface area contributed by atoms with E-state index < -0.39 is 0 Å². The van der Waals surface area contributed by atoms with Gasteiger partial charge in [-0.25, -0.2) is 0 Å². The molecule has 1 atom stereocenters. The molecule has 1 saturated carbocycles. The van der Waals surface area contributed by atoms with Crippen molar-refractivity contribution < 1.29 is 4.79 Å². The number of thioether (sulfide) groups is 1. The summed E-state index contributed by atoms with van der Waals surface area (Å²) in [7, 11) is 0. The van der Waals surface area contributed by atoms with Crippen LogP contribution in [-0.2, 0) is 0 Å². The van der Waals surface area contributed by atoms with Gasteiger partial charge in [0.25, 0.3) is 5.91 Å². The van der Waals surface area contributed by atoms with Crippen LogP contribution in [0.3, 0.4) is 0 Å². The molecule has 0 aliphatic heterocycles. The van der Waals surface area contributed by atoms with E-state index in [9.17, 15) is 4.79 Å². The van der Waals surface area contributed by atoms with E-state index >= 15 is 0 Å². The molecule has 0 spiro atoms. The van der Waals surface area contributed by atoms with Crippen molar-refractivity contribution in [3.05, 3.63) is 83.9 Å². The maximum atomic E-state index is 12.9. The molecule has 138 valence electrons. The SMILES string of the molecule is O=C(NC(SC1CCCCC1)c1cccc2ccccc12)c1ccccc1. The number of benzene rings is 3. The summed E-state index contributed by atoms with van der Waals surface area (Å²) >= 11 is 1.92. The smallest absolute Gasteiger partial charge is 0.252 e. The predicted molar refractivity (Wildman–Crippen MR) is 115 cm³/mol. The topological polar surface area (TPSA) is 29.1 Å². The van der Waals surface area contributed by atoms with Crippen molar-refractivity contribution in [2.75, 3.05) is 0 Å². The van der Waals surface area contributed by atoms with Crippen molar-refractivity contribution in [3.8, 4) is 0 Å². The standard InChI is InChI=1S/C24H25NOS/c26-23(19-11-3-1-4-12-19)25-24(27-20-14-5-2-6-15-20)22-17-9-13-18-10-7-8-16-21(18)22/h1,3-4,7-13,16-17,20,24H,2,5-6,14-15H2,(H,25,26). The van der Waals surface area contributed by atoms with Gasteiger partial charge in [0.15, 0.2) is 0 Å². The number of hydrogen-bond acceptors (Lipinski definition) is 2. The molecule has 3 heteroatoms. The lowest BCUT2D eigenvalue weighted by Crippen LogP contribution is -2.28. The van der Waals surface area contributed by atoms with Gasteiger partial charge in [-0.15, -0.1) is 11.8 Å². The molecule has 1 aliphatic carbocycles. The Kier molecular flexibility index (Phi) is 5.78. The Balaban J connectivity index is 1.65. The van der Waals surface area contributed by atoms with E-state index in [1.54, 1.807) is 0 Å². The highest BCUT2D eigenvalue weighted by molar-refractivity contribution is 8.00. The van der Waals surface area contributed by atoms with E-state index in [1.165, 1.54) is 48.4 Å². The van der Waals surface area contributed by atoms with Gasteiger partial charge in [0.1, 0.15) is 5.37 Å². The van der Waals surface area contributed by atoms with Gasteiger partial charge >= 0.3 is 0 Å². The second-order valence-corrected chi connectivity index (χ2v) is 8.59. The quantitative estimate of drug-likeness (QED) is 0.528. The third-order valence-electron chi connectivity index (χ3n) is 5.28. The predicted octanol–water partition coefficient (Wildman–Crippen LogP) is 6.33. The molecule has 3 aromatic rings. The fourth-order valence-electron chi connectivity index (χ4n) is 3.85. The van der Waals surface area contributed by atoms with Crippen molar-refractivity contribution in [1.29, 1.82) is 0 Å². The summed E-state index contributed by atoms with van der Waals surface area (Å²) in [5, 5.41) is 6.33. The minimum absolute atomic E-state index is 0.00292. The van der Waals surface area contributed by atoms with E-state index in [0.717, 1.165) is 0 Å². The highest BCUT2D eigenvalue weighted by Crippen LogP contribution is 2.39. The van der Waals surface area contributed by atoms with Gasteiger partial charge in [-0.3, -0.25) is 4.79 Å². The first kappa shape index (κ1) is 18.1. The molecule has 1 N–H and O–H groups in total. The molecular weight excluding hydrogens is 350 g/mol. The molecule has 1 amide bonds. The molecule has 0 saturated heterocycles. The lowest BCUT2D eigenvalue weighted by Gasteiger charge is -2.28. The first-order valence-electron chi connectivity index (χ1n) is 9.80. The van der Waals surface area contributed by atoms with E-state index in [0.29, 0.717) is 10.8 Å². The minimum Gasteiger partial charge on any atom is -0.336 e. The van der Waals surface area contributed by atoms with Crippen molar-refractivity contribution in [1.82, 2.24) is 5.32 Å². The zero-order chi connectivity index (χ0) is 18.5. The van der Waals surface area contributed by atoms with Crippen LogP contribution in [-0.4, -0.2) is 11.2 Å². The van der Waals surface area contributed by atoms with Gasteiger partial charge in [-0.05, 0) is 41.3 Å². The molecule has 2 nitrogen and oxygen atoms in total. The van der Waals surface area contributed by atoms with Crippen molar-refractivity contribution in [2.24, 2.45) is 0 Å². The van der Waals surface area contributed by atoms with Crippen LogP contribution in [0.1, 0.15) is 53.4 Å². The summed E-state index contributed by atoms with van der Waals surface area (Å²) in [5.41, 5.74) is 1.92. The van der Waals surface area contributed by atoms with Gasteiger partial charge in [0.05, 0.1) is 0 Å². The normalized spacial score (nSPS) is 16.1. The van der Waals surface area contributed by atoms with Gasteiger partial charge < -0.3 is 5.32 Å². The average molecular weight is 376 g/mol. The van der Waals surface area contributed by atoms with Crippen molar-refractivity contribution >= 4 is 28.4 Å². The van der Waals surface area contributed by atoms with E-state index in [-0.39, 0.29) is 11.3 Å². The molecular formula is C24H25NOS. The number of amides is 1. The summed E-state index contributed by atoms with van der Waals surface area (Å²) in [4.78, 5) is 12.9. The average Bonchev–Trinajstić information content (AvgIpc) is 2.74. The van der Waals surface area contributed by atoms with Gasteiger partial charge in [0, 0.05) is 10.8 Å². The Morgan fingerprint density at radius 3 is 2.37 bits per heavy atom. The van der Waals surface area contributed by atoms with Crippen LogP contribution in [0.5, 0.6) is 0 Å². The Bertz CT molecular complexity index is 897. The molecule has 0 aromatic heterocycles. The second kappa shape index (κ2) is 8.62. The third kappa shape index (κ3) is 4.36. The molecule has 3 aromatic carbocycles. The van der Waals surface area contributed by atoms with Gasteiger partial charge in [-0.1, -0.05) is 79.9 Å². The van der Waals surface area contributed by atoms with E-state index in [2.05, 4.69) is 47.8 Å². The van der Waals surface area contributed by atoms with Crippen LogP contribution in [0.2, 0.25) is 0 Å². The lowest BCUT2D eigenvalue weighted by atomic mass is 10.0. The highest BCUT2D eigenvalue weighted by Gasteiger charge is 2.24. The third-order valence-corrected chi connectivity index (χ3v) is 6.78. The van der Waals surface area contributed by atoms with Crippen LogP contribution in [0.4, 0.5) is 0 Å². The van der Waals surface area contributed by atoms with Crippen molar-refractivity contribution in [2.45, 2.75) is 42.7 Å². The monoisotopic (exact) mass is 375 g/mol. The molecule has 0 bridgehead atoms. The zero-order valence-electron chi connectivity index (χ0n) is 15.4. The lowest BCUT2D eigenvalue weighted by molar-refractivity contribution is 0.0949. The minimum atomic E-state index is -0.0353. The molecule has 1 fully saturated rings. The summed E-state index contributed by atoms with van der Waals surface area (Å²) in [6.45, 7) is 0. The maximum Gasteiger partial charge on any atom is 0.252 e. The molecule has 1 unspecified atom stereocenters. The number of carbonyl (C=O) groups is 1. The molecule has 27 heavy (non-hydrogen) atoms. The number of rotatable bonds is 5. The fraction of sp³-hybridized carbons (Fsp3) is 0.292.